The van der Waals surface area contributed by atoms with Gasteiger partial charge in [0.15, 0.2) is 9.84 Å². The number of rotatable bonds is 7. The van der Waals surface area contributed by atoms with E-state index in [1.54, 1.807) is 30.3 Å². The van der Waals surface area contributed by atoms with Crippen LogP contribution >= 0.6 is 0 Å². The average molecular weight is 256 g/mol. The average Bonchev–Trinajstić information content (AvgIpc) is 2.35. The van der Waals surface area contributed by atoms with Crippen molar-refractivity contribution in [1.29, 1.82) is 0 Å². The highest BCUT2D eigenvalue weighted by molar-refractivity contribution is 7.92. The standard InChI is InChI=1S/C12H20N2O2S/c1-2-3-9-14-10-12(13)17(15,16)11-7-5-4-6-8-11/h4-8,12,14H,2-3,9-10,13H2,1H3. The Morgan fingerprint density at radius 3 is 2.53 bits per heavy atom. The van der Waals surface area contributed by atoms with Gasteiger partial charge in [-0.25, -0.2) is 8.42 Å². The van der Waals surface area contributed by atoms with Gasteiger partial charge in [-0.3, -0.25) is 0 Å². The SMILES string of the molecule is CCCCNCC(N)S(=O)(=O)c1ccccc1. The topological polar surface area (TPSA) is 72.2 Å². The van der Waals surface area contributed by atoms with Gasteiger partial charge in [0.1, 0.15) is 5.37 Å². The first-order chi connectivity index (χ1) is 8.09. The second-order valence-electron chi connectivity index (χ2n) is 3.95. The number of sulfone groups is 1. The molecule has 0 saturated heterocycles. The van der Waals surface area contributed by atoms with Crippen molar-refractivity contribution < 1.29 is 8.42 Å². The molecule has 0 aliphatic heterocycles. The lowest BCUT2D eigenvalue weighted by atomic mass is 10.3. The first-order valence-electron chi connectivity index (χ1n) is 5.84. The predicted molar refractivity (Wildman–Crippen MR) is 69.4 cm³/mol. The predicted octanol–water partition coefficient (Wildman–Crippen LogP) is 1.13. The Balaban J connectivity index is 2.59. The van der Waals surface area contributed by atoms with E-state index in [-0.39, 0.29) is 11.4 Å². The Hall–Kier alpha value is -0.910. The Labute approximate surface area is 103 Å². The van der Waals surface area contributed by atoms with Crippen LogP contribution in [0.2, 0.25) is 0 Å². The summed E-state index contributed by atoms with van der Waals surface area (Å²) >= 11 is 0. The van der Waals surface area contributed by atoms with Crippen molar-refractivity contribution in [2.45, 2.75) is 30.0 Å². The van der Waals surface area contributed by atoms with Crippen LogP contribution in [0.3, 0.4) is 0 Å². The summed E-state index contributed by atoms with van der Waals surface area (Å²) in [4.78, 5) is 0.282. The van der Waals surface area contributed by atoms with E-state index in [4.69, 9.17) is 5.73 Å². The Morgan fingerprint density at radius 2 is 1.94 bits per heavy atom. The van der Waals surface area contributed by atoms with E-state index in [9.17, 15) is 8.42 Å². The maximum atomic E-state index is 12.0. The molecule has 0 aromatic heterocycles. The summed E-state index contributed by atoms with van der Waals surface area (Å²) in [5.74, 6) is 0. The Morgan fingerprint density at radius 1 is 1.29 bits per heavy atom. The number of nitrogens with one attached hydrogen (secondary N) is 1. The minimum Gasteiger partial charge on any atom is -0.314 e. The van der Waals surface area contributed by atoms with Gasteiger partial charge in [-0.15, -0.1) is 0 Å². The lowest BCUT2D eigenvalue weighted by molar-refractivity contribution is 0.562. The van der Waals surface area contributed by atoms with Crippen LogP contribution in [0.25, 0.3) is 0 Å². The molecule has 0 radical (unpaired) electrons. The molecule has 4 nitrogen and oxygen atoms in total. The molecule has 3 N–H and O–H groups in total. The van der Waals surface area contributed by atoms with Gasteiger partial charge < -0.3 is 11.1 Å². The Bertz CT molecular complexity index is 417. The lowest BCUT2D eigenvalue weighted by Gasteiger charge is -2.13. The Kier molecular flexibility index (Phi) is 5.61. The third-order valence-electron chi connectivity index (χ3n) is 2.52. The van der Waals surface area contributed by atoms with Crippen molar-refractivity contribution >= 4 is 9.84 Å². The fourth-order valence-electron chi connectivity index (χ4n) is 1.44. The molecule has 17 heavy (non-hydrogen) atoms. The largest absolute Gasteiger partial charge is 0.314 e. The van der Waals surface area contributed by atoms with Crippen molar-refractivity contribution in [2.75, 3.05) is 13.1 Å². The summed E-state index contributed by atoms with van der Waals surface area (Å²) in [6, 6.07) is 8.32. The number of hydrogen-bond donors (Lipinski definition) is 2. The minimum atomic E-state index is -3.41. The molecule has 1 atom stereocenters. The molecule has 0 saturated carbocycles. The first kappa shape index (κ1) is 14.2. The molecule has 5 heteroatoms. The van der Waals surface area contributed by atoms with Gasteiger partial charge in [0, 0.05) is 6.54 Å². The van der Waals surface area contributed by atoms with Gasteiger partial charge in [-0.05, 0) is 25.1 Å². The molecule has 0 spiro atoms. The third kappa shape index (κ3) is 4.11. The highest BCUT2D eigenvalue weighted by atomic mass is 32.2. The van der Waals surface area contributed by atoms with E-state index >= 15 is 0 Å². The van der Waals surface area contributed by atoms with Gasteiger partial charge in [0.25, 0.3) is 0 Å². The normalized spacial score (nSPS) is 13.5. The van der Waals surface area contributed by atoms with Crippen molar-refractivity contribution in [3.63, 3.8) is 0 Å². The van der Waals surface area contributed by atoms with Crippen LogP contribution in [0.1, 0.15) is 19.8 Å². The summed E-state index contributed by atoms with van der Waals surface area (Å²) in [6.07, 6.45) is 2.10. The van der Waals surface area contributed by atoms with Crippen molar-refractivity contribution in [3.8, 4) is 0 Å². The monoisotopic (exact) mass is 256 g/mol. The van der Waals surface area contributed by atoms with Crippen LogP contribution in [0.5, 0.6) is 0 Å². The summed E-state index contributed by atoms with van der Waals surface area (Å²) < 4.78 is 24.1. The van der Waals surface area contributed by atoms with Gasteiger partial charge in [0.2, 0.25) is 0 Å². The van der Waals surface area contributed by atoms with Gasteiger partial charge in [-0.1, -0.05) is 31.5 Å². The third-order valence-corrected chi connectivity index (χ3v) is 4.42. The van der Waals surface area contributed by atoms with Crippen molar-refractivity contribution in [1.82, 2.24) is 5.32 Å². The van der Waals surface area contributed by atoms with Gasteiger partial charge >= 0.3 is 0 Å². The maximum absolute atomic E-state index is 12.0. The van der Waals surface area contributed by atoms with Crippen LogP contribution in [0.15, 0.2) is 35.2 Å². The fraction of sp³-hybridized carbons (Fsp3) is 0.500. The van der Waals surface area contributed by atoms with Crippen LogP contribution < -0.4 is 11.1 Å². The van der Waals surface area contributed by atoms with Crippen LogP contribution in [-0.2, 0) is 9.84 Å². The number of hydrogen-bond acceptors (Lipinski definition) is 4. The lowest BCUT2D eigenvalue weighted by Crippen LogP contribution is -2.40. The first-order valence-corrected chi connectivity index (χ1v) is 7.39. The zero-order chi connectivity index (χ0) is 12.7. The molecule has 0 amide bonds. The number of unbranched alkanes of at least 4 members (excludes halogenated alkanes) is 1. The summed E-state index contributed by atoms with van der Waals surface area (Å²) in [6.45, 7) is 3.17. The number of benzene rings is 1. The van der Waals surface area contributed by atoms with Crippen molar-refractivity contribution in [2.24, 2.45) is 5.73 Å². The molecule has 0 fully saturated rings. The highest BCUT2D eigenvalue weighted by Crippen LogP contribution is 2.12. The zero-order valence-electron chi connectivity index (χ0n) is 10.1. The van der Waals surface area contributed by atoms with Crippen molar-refractivity contribution in [3.05, 3.63) is 30.3 Å². The fourth-order valence-corrected chi connectivity index (χ4v) is 2.66. The van der Waals surface area contributed by atoms with Crippen LogP contribution in [0, 0.1) is 0 Å². The molecule has 1 aromatic carbocycles. The van der Waals surface area contributed by atoms with Gasteiger partial charge in [0.05, 0.1) is 4.90 Å². The van der Waals surface area contributed by atoms with Crippen LogP contribution in [0.4, 0.5) is 0 Å². The maximum Gasteiger partial charge on any atom is 0.195 e. The molecule has 1 rings (SSSR count). The molecule has 1 unspecified atom stereocenters. The smallest absolute Gasteiger partial charge is 0.195 e. The van der Waals surface area contributed by atoms with E-state index in [2.05, 4.69) is 12.2 Å². The van der Waals surface area contributed by atoms with E-state index in [1.807, 2.05) is 0 Å². The highest BCUT2D eigenvalue weighted by Gasteiger charge is 2.22. The molecule has 96 valence electrons. The van der Waals surface area contributed by atoms with E-state index in [0.29, 0.717) is 0 Å². The molecular weight excluding hydrogens is 236 g/mol. The number of nitrogens with two attached hydrogens (primary N) is 1. The molecule has 0 aliphatic carbocycles. The quantitative estimate of drug-likeness (QED) is 0.717. The summed E-state index contributed by atoms with van der Waals surface area (Å²) in [7, 11) is -3.41. The minimum absolute atomic E-state index is 0.282. The zero-order valence-corrected chi connectivity index (χ0v) is 10.9. The van der Waals surface area contributed by atoms with E-state index in [0.717, 1.165) is 19.4 Å². The molecule has 0 aliphatic rings. The molecule has 1 aromatic rings. The molecule has 0 bridgehead atoms. The summed E-state index contributed by atoms with van der Waals surface area (Å²) in [5, 5.41) is 2.17. The molecule has 0 heterocycles. The second kappa shape index (κ2) is 6.74. The van der Waals surface area contributed by atoms with E-state index < -0.39 is 15.2 Å². The van der Waals surface area contributed by atoms with Crippen LogP contribution in [-0.4, -0.2) is 26.9 Å². The van der Waals surface area contributed by atoms with Gasteiger partial charge in [-0.2, -0.15) is 0 Å². The molecular formula is C12H20N2O2S. The second-order valence-corrected chi connectivity index (χ2v) is 6.12. The van der Waals surface area contributed by atoms with E-state index in [1.165, 1.54) is 0 Å². The summed E-state index contributed by atoms with van der Waals surface area (Å²) in [5.41, 5.74) is 5.72.